The van der Waals surface area contributed by atoms with E-state index in [2.05, 4.69) is 32.7 Å². The molecule has 1 unspecified atom stereocenters. The summed E-state index contributed by atoms with van der Waals surface area (Å²) in [5.41, 5.74) is 0.442. The lowest BCUT2D eigenvalue weighted by molar-refractivity contribution is 0.0598. The van der Waals surface area contributed by atoms with E-state index in [4.69, 9.17) is 0 Å². The number of hydrogen-bond donors (Lipinski definition) is 1. The van der Waals surface area contributed by atoms with Crippen LogP contribution in [-0.4, -0.2) is 29.0 Å². The third kappa shape index (κ3) is 2.73. The highest BCUT2D eigenvalue weighted by Gasteiger charge is 2.30. The van der Waals surface area contributed by atoms with Crippen molar-refractivity contribution in [3.63, 3.8) is 0 Å². The van der Waals surface area contributed by atoms with E-state index < -0.39 is 0 Å². The molecule has 0 aromatic carbocycles. The van der Waals surface area contributed by atoms with Gasteiger partial charge in [0.1, 0.15) is 0 Å². The van der Waals surface area contributed by atoms with E-state index in [0.717, 1.165) is 6.04 Å². The Hall–Kier alpha value is -0.120. The van der Waals surface area contributed by atoms with Gasteiger partial charge in [0.25, 0.3) is 0 Å². The van der Waals surface area contributed by atoms with E-state index in [1.165, 1.54) is 19.3 Å². The molecule has 0 radical (unpaired) electrons. The molecule has 0 spiro atoms. The molecule has 1 aliphatic heterocycles. The second kappa shape index (κ2) is 4.80. The van der Waals surface area contributed by atoms with Gasteiger partial charge in [-0.15, -0.1) is 0 Å². The fraction of sp³-hybridized carbons (Fsp3) is 1.00. The highest BCUT2D eigenvalue weighted by Crippen LogP contribution is 2.29. The van der Waals surface area contributed by atoms with Crippen LogP contribution in [0.1, 0.15) is 40.0 Å². The molecule has 3 nitrogen and oxygen atoms in total. The van der Waals surface area contributed by atoms with Crippen molar-refractivity contribution in [2.24, 2.45) is 0 Å². The van der Waals surface area contributed by atoms with Crippen LogP contribution >= 0.6 is 0 Å². The quantitative estimate of drug-likeness (QED) is 0.609. The molecule has 3 heteroatoms. The van der Waals surface area contributed by atoms with E-state index in [1.54, 1.807) is 0 Å². The van der Waals surface area contributed by atoms with E-state index in [0.29, 0.717) is 5.54 Å². The van der Waals surface area contributed by atoms with Crippen LogP contribution < -0.4 is 6.15 Å². The summed E-state index contributed by atoms with van der Waals surface area (Å²) in [4.78, 5) is 2.50. The molecule has 0 amide bonds. The monoisotopic (exact) mass is 176 g/mol. The average molecular weight is 176 g/mol. The first-order valence-corrected chi connectivity index (χ1v) is 4.27. The van der Waals surface area contributed by atoms with Gasteiger partial charge in [-0.1, -0.05) is 6.42 Å². The summed E-state index contributed by atoms with van der Waals surface area (Å²) in [6, 6.07) is 0.781. The number of likely N-dealkylation sites (tertiary alicyclic amines) is 1. The van der Waals surface area contributed by atoms with E-state index in [-0.39, 0.29) is 11.6 Å². The first-order chi connectivity index (χ1) is 4.54. The van der Waals surface area contributed by atoms with Crippen LogP contribution in [0.4, 0.5) is 0 Å². The fourth-order valence-corrected chi connectivity index (χ4v) is 1.80. The minimum Gasteiger partial charge on any atom is -0.412 e. The molecule has 0 saturated carbocycles. The SMILES string of the molecule is CC1CCCC(C)(C)N1C.N.O. The van der Waals surface area contributed by atoms with Crippen molar-refractivity contribution in [3.05, 3.63) is 0 Å². The van der Waals surface area contributed by atoms with Crippen molar-refractivity contribution in [2.45, 2.75) is 51.6 Å². The van der Waals surface area contributed by atoms with Crippen LogP contribution in [0.25, 0.3) is 0 Å². The first-order valence-electron chi connectivity index (χ1n) is 4.27. The molecule has 0 bridgehead atoms. The fourth-order valence-electron chi connectivity index (χ4n) is 1.80. The van der Waals surface area contributed by atoms with Crippen LogP contribution in [0.15, 0.2) is 0 Å². The Morgan fingerprint density at radius 3 is 2.17 bits per heavy atom. The van der Waals surface area contributed by atoms with Crippen molar-refractivity contribution < 1.29 is 5.48 Å². The number of piperidine rings is 1. The summed E-state index contributed by atoms with van der Waals surface area (Å²) >= 11 is 0. The van der Waals surface area contributed by atoms with Gasteiger partial charge in [-0.3, -0.25) is 4.90 Å². The molecular formula is C9H24N2O. The smallest absolute Gasteiger partial charge is 0.0153 e. The Labute approximate surface area is 76.0 Å². The van der Waals surface area contributed by atoms with Gasteiger partial charge >= 0.3 is 0 Å². The lowest BCUT2D eigenvalue weighted by atomic mass is 9.88. The van der Waals surface area contributed by atoms with Gasteiger partial charge in [0, 0.05) is 11.6 Å². The zero-order valence-electron chi connectivity index (χ0n) is 8.85. The lowest BCUT2D eigenvalue weighted by Gasteiger charge is -2.44. The summed E-state index contributed by atoms with van der Waals surface area (Å²) < 4.78 is 0. The molecule has 0 aromatic rings. The Balaban J connectivity index is 0. The summed E-state index contributed by atoms with van der Waals surface area (Å²) in [5.74, 6) is 0. The Morgan fingerprint density at radius 1 is 1.33 bits per heavy atom. The van der Waals surface area contributed by atoms with Crippen molar-refractivity contribution in [1.82, 2.24) is 11.1 Å². The minimum absolute atomic E-state index is 0. The minimum atomic E-state index is 0. The van der Waals surface area contributed by atoms with Gasteiger partial charge in [0.2, 0.25) is 0 Å². The average Bonchev–Trinajstić information content (AvgIpc) is 1.83. The van der Waals surface area contributed by atoms with Gasteiger partial charge in [0.15, 0.2) is 0 Å². The maximum Gasteiger partial charge on any atom is 0.0153 e. The molecule has 1 heterocycles. The zero-order chi connectivity index (χ0) is 7.78. The van der Waals surface area contributed by atoms with Crippen LogP contribution in [-0.2, 0) is 0 Å². The first kappa shape index (κ1) is 14.4. The third-order valence-electron chi connectivity index (χ3n) is 3.03. The highest BCUT2D eigenvalue weighted by molar-refractivity contribution is 4.86. The predicted octanol–water partition coefficient (Wildman–Crippen LogP) is 1.61. The van der Waals surface area contributed by atoms with Gasteiger partial charge in [0.05, 0.1) is 0 Å². The molecule has 1 saturated heterocycles. The van der Waals surface area contributed by atoms with Crippen molar-refractivity contribution in [2.75, 3.05) is 7.05 Å². The van der Waals surface area contributed by atoms with Gasteiger partial charge in [-0.25, -0.2) is 0 Å². The molecule has 0 aliphatic carbocycles. The molecule has 5 N–H and O–H groups in total. The Kier molecular flexibility index (Phi) is 5.76. The Morgan fingerprint density at radius 2 is 1.83 bits per heavy atom. The van der Waals surface area contributed by atoms with Crippen molar-refractivity contribution in [3.8, 4) is 0 Å². The van der Waals surface area contributed by atoms with Gasteiger partial charge in [-0.05, 0) is 40.7 Å². The largest absolute Gasteiger partial charge is 0.412 e. The van der Waals surface area contributed by atoms with Crippen LogP contribution in [0.2, 0.25) is 0 Å². The summed E-state index contributed by atoms with van der Waals surface area (Å²) in [7, 11) is 2.24. The summed E-state index contributed by atoms with van der Waals surface area (Å²) in [6.45, 7) is 6.99. The summed E-state index contributed by atoms with van der Waals surface area (Å²) in [6.07, 6.45) is 4.13. The van der Waals surface area contributed by atoms with E-state index in [9.17, 15) is 0 Å². The van der Waals surface area contributed by atoms with E-state index in [1.807, 2.05) is 0 Å². The molecule has 12 heavy (non-hydrogen) atoms. The van der Waals surface area contributed by atoms with Crippen LogP contribution in [0, 0.1) is 0 Å². The molecule has 0 aromatic heterocycles. The number of hydrogen-bond acceptors (Lipinski definition) is 2. The normalized spacial score (nSPS) is 28.5. The van der Waals surface area contributed by atoms with Crippen LogP contribution in [0.5, 0.6) is 0 Å². The Bertz CT molecular complexity index is 126. The second-order valence-electron chi connectivity index (χ2n) is 4.16. The third-order valence-corrected chi connectivity index (χ3v) is 3.03. The van der Waals surface area contributed by atoms with Gasteiger partial charge in [-0.2, -0.15) is 0 Å². The maximum atomic E-state index is 2.50. The topological polar surface area (TPSA) is 69.7 Å². The predicted molar refractivity (Wildman–Crippen MR) is 53.8 cm³/mol. The van der Waals surface area contributed by atoms with E-state index >= 15 is 0 Å². The van der Waals surface area contributed by atoms with Gasteiger partial charge < -0.3 is 11.6 Å². The molecule has 1 atom stereocenters. The molecular weight excluding hydrogens is 152 g/mol. The maximum absolute atomic E-state index is 2.50. The number of nitrogens with zero attached hydrogens (tertiary/aromatic N) is 1. The summed E-state index contributed by atoms with van der Waals surface area (Å²) in [5, 5.41) is 0. The van der Waals surface area contributed by atoms with Crippen LogP contribution in [0.3, 0.4) is 0 Å². The molecule has 1 aliphatic rings. The zero-order valence-corrected chi connectivity index (χ0v) is 8.85. The molecule has 1 fully saturated rings. The second-order valence-corrected chi connectivity index (χ2v) is 4.16. The molecule has 1 rings (SSSR count). The van der Waals surface area contributed by atoms with Crippen molar-refractivity contribution in [1.29, 1.82) is 0 Å². The lowest BCUT2D eigenvalue weighted by Crippen LogP contribution is -2.49. The standard InChI is InChI=1S/C9H19N.H3N.H2O/c1-8-6-5-7-9(2,3)10(8)4;;/h8H,5-7H2,1-4H3;1H3;1H2. The highest BCUT2D eigenvalue weighted by atomic mass is 16.0. The number of rotatable bonds is 0. The molecule has 76 valence electrons. The van der Waals surface area contributed by atoms with Crippen molar-refractivity contribution >= 4 is 0 Å².